The van der Waals surface area contributed by atoms with Crippen LogP contribution < -0.4 is 0 Å². The number of aliphatic hydroxyl groups is 1. The summed E-state index contributed by atoms with van der Waals surface area (Å²) in [5.74, 6) is 0.684. The number of thioether (sulfide) groups is 1. The molecule has 2 aromatic rings. The number of alkyl halides is 3. The molecule has 4 aliphatic rings. The van der Waals surface area contributed by atoms with Gasteiger partial charge in [-0.25, -0.2) is 8.42 Å². The first-order valence-electron chi connectivity index (χ1n) is 18.2. The Labute approximate surface area is 308 Å². The van der Waals surface area contributed by atoms with Gasteiger partial charge in [-0.1, -0.05) is 6.07 Å². The number of halogens is 3. The highest BCUT2D eigenvalue weighted by Gasteiger charge is 2.36. The SMILES string of the molecule is CC(=O)N1CCN(CCSc2cc(-c3nn(CC(O)CN4CCC(C(=O)N5CCCC5)CC4)c4c3CN(S(C)(=O)=O)CC4)ccc2C(F)(F)F)CC1. The maximum atomic E-state index is 14.2. The van der Waals surface area contributed by atoms with Gasteiger partial charge in [0.2, 0.25) is 21.8 Å². The van der Waals surface area contributed by atoms with Gasteiger partial charge in [-0.2, -0.15) is 22.6 Å². The van der Waals surface area contributed by atoms with Gasteiger partial charge < -0.3 is 19.8 Å². The molecule has 1 aromatic heterocycles. The van der Waals surface area contributed by atoms with Crippen LogP contribution in [0.3, 0.4) is 0 Å². The summed E-state index contributed by atoms with van der Waals surface area (Å²) < 4.78 is 70.8. The minimum absolute atomic E-state index is 0.0141. The molecule has 0 spiro atoms. The molecular weight excluding hydrogens is 720 g/mol. The molecule has 4 aliphatic heterocycles. The van der Waals surface area contributed by atoms with Gasteiger partial charge in [0.05, 0.1) is 30.2 Å². The van der Waals surface area contributed by atoms with Crippen molar-refractivity contribution in [3.8, 4) is 11.3 Å². The van der Waals surface area contributed by atoms with Gasteiger partial charge >= 0.3 is 6.18 Å². The fraction of sp³-hybridized carbons (Fsp3) is 0.686. The van der Waals surface area contributed by atoms with Crippen molar-refractivity contribution in [3.05, 3.63) is 35.0 Å². The number of hydrogen-bond donors (Lipinski definition) is 1. The van der Waals surface area contributed by atoms with Gasteiger partial charge in [-0.05, 0) is 50.9 Å². The zero-order valence-corrected chi connectivity index (χ0v) is 31.6. The van der Waals surface area contributed by atoms with E-state index in [2.05, 4.69) is 9.80 Å². The second-order valence-electron chi connectivity index (χ2n) is 14.5. The van der Waals surface area contributed by atoms with E-state index in [1.807, 2.05) is 4.90 Å². The topological polar surface area (TPSA) is 123 Å². The fourth-order valence-corrected chi connectivity index (χ4v) is 9.75. The molecule has 1 unspecified atom stereocenters. The van der Waals surface area contributed by atoms with Crippen molar-refractivity contribution in [1.82, 2.24) is 33.7 Å². The number of aromatic nitrogens is 2. The maximum Gasteiger partial charge on any atom is 0.417 e. The molecule has 0 bridgehead atoms. The van der Waals surface area contributed by atoms with Crippen molar-refractivity contribution in [1.29, 1.82) is 0 Å². The number of carbonyl (C=O) groups is 2. The summed E-state index contributed by atoms with van der Waals surface area (Å²) >= 11 is 1.12. The van der Waals surface area contributed by atoms with Crippen molar-refractivity contribution < 1.29 is 36.3 Å². The Morgan fingerprint density at radius 2 is 1.65 bits per heavy atom. The summed E-state index contributed by atoms with van der Waals surface area (Å²) in [5, 5.41) is 16.1. The lowest BCUT2D eigenvalue weighted by atomic mass is 9.95. The Morgan fingerprint density at radius 3 is 2.29 bits per heavy atom. The van der Waals surface area contributed by atoms with E-state index in [0.29, 0.717) is 81.4 Å². The molecule has 1 aromatic carbocycles. The second kappa shape index (κ2) is 16.3. The Balaban J connectivity index is 1.17. The number of sulfonamides is 1. The first-order valence-corrected chi connectivity index (χ1v) is 21.1. The second-order valence-corrected chi connectivity index (χ2v) is 17.6. The van der Waals surface area contributed by atoms with Crippen LogP contribution in [0.1, 0.15) is 49.4 Å². The maximum absolute atomic E-state index is 14.2. The normalized spacial score (nSPS) is 20.7. The number of amides is 2. The van der Waals surface area contributed by atoms with Gasteiger partial charge in [0, 0.05) is 112 Å². The zero-order valence-electron chi connectivity index (χ0n) is 30.0. The monoisotopic (exact) mass is 769 g/mol. The fourth-order valence-electron chi connectivity index (χ4n) is 7.84. The molecule has 12 nitrogen and oxygen atoms in total. The number of piperidine rings is 1. The molecule has 52 heavy (non-hydrogen) atoms. The summed E-state index contributed by atoms with van der Waals surface area (Å²) in [6, 6.07) is 3.96. The predicted octanol–water partition coefficient (Wildman–Crippen LogP) is 2.84. The molecule has 2 amide bonds. The van der Waals surface area contributed by atoms with Gasteiger partial charge in [0.25, 0.3) is 0 Å². The summed E-state index contributed by atoms with van der Waals surface area (Å²) in [6.07, 6.45) is -0.268. The molecule has 0 aliphatic carbocycles. The van der Waals surface area contributed by atoms with Gasteiger partial charge in [-0.15, -0.1) is 11.8 Å². The molecule has 288 valence electrons. The van der Waals surface area contributed by atoms with Gasteiger partial charge in [-0.3, -0.25) is 19.2 Å². The quantitative estimate of drug-likeness (QED) is 0.344. The van der Waals surface area contributed by atoms with E-state index in [1.54, 1.807) is 9.58 Å². The Morgan fingerprint density at radius 1 is 0.962 bits per heavy atom. The van der Waals surface area contributed by atoms with Crippen LogP contribution in [0.5, 0.6) is 0 Å². The molecular formula is C35H50F3N7O5S2. The average Bonchev–Trinajstić information content (AvgIpc) is 3.76. The van der Waals surface area contributed by atoms with Crippen molar-refractivity contribution in [2.45, 2.75) is 69.3 Å². The van der Waals surface area contributed by atoms with Gasteiger partial charge in [0.15, 0.2) is 0 Å². The van der Waals surface area contributed by atoms with E-state index in [1.165, 1.54) is 23.4 Å². The summed E-state index contributed by atoms with van der Waals surface area (Å²) in [4.78, 5) is 32.7. The highest BCUT2D eigenvalue weighted by atomic mass is 32.2. The smallest absolute Gasteiger partial charge is 0.390 e. The van der Waals surface area contributed by atoms with Crippen LogP contribution in [0.15, 0.2) is 23.1 Å². The van der Waals surface area contributed by atoms with Crippen LogP contribution in [0, 0.1) is 5.92 Å². The summed E-state index contributed by atoms with van der Waals surface area (Å²) in [7, 11) is -3.55. The highest BCUT2D eigenvalue weighted by Crippen LogP contribution is 2.40. The lowest BCUT2D eigenvalue weighted by molar-refractivity contribution is -0.139. The lowest BCUT2D eigenvalue weighted by Crippen LogP contribution is -2.48. The number of aliphatic hydroxyl groups excluding tert-OH is 1. The molecule has 1 N–H and O–H groups in total. The third-order valence-electron chi connectivity index (χ3n) is 10.8. The van der Waals surface area contributed by atoms with E-state index in [-0.39, 0.29) is 42.3 Å². The first kappa shape index (κ1) is 39.0. The standard InChI is InChI=1S/C35H50F3N7O5S2/c1-25(46)42-17-15-40(16-18-42)19-20-51-32-21-27(5-6-30(32)35(36,37)38)33-29-24-44(52(2,49)50)14-9-31(29)45(39-33)23-28(47)22-41-12-7-26(8-13-41)34(48)43-10-3-4-11-43/h5-6,21,26,28,47H,3-4,7-20,22-24H2,1-2H3. The molecule has 6 rings (SSSR count). The first-order chi connectivity index (χ1) is 24.7. The van der Waals surface area contributed by atoms with Crippen molar-refractivity contribution >= 4 is 33.6 Å². The number of β-amino-alcohol motifs (C(OH)–C–C–N with tert-alkyl or cyclic N) is 1. The van der Waals surface area contributed by atoms with Crippen molar-refractivity contribution in [2.24, 2.45) is 5.92 Å². The minimum atomic E-state index is -4.57. The van der Waals surface area contributed by atoms with Crippen LogP contribution in [-0.4, -0.2) is 149 Å². The Hall–Kier alpha value is -2.70. The summed E-state index contributed by atoms with van der Waals surface area (Å²) in [5.41, 5.74) is 1.52. The van der Waals surface area contributed by atoms with E-state index < -0.39 is 27.9 Å². The molecule has 1 atom stereocenters. The molecule has 3 saturated heterocycles. The van der Waals surface area contributed by atoms with Crippen LogP contribution in [0.2, 0.25) is 0 Å². The Bertz CT molecular complexity index is 1700. The number of rotatable bonds is 11. The van der Waals surface area contributed by atoms with E-state index in [4.69, 9.17) is 5.10 Å². The molecule has 5 heterocycles. The third kappa shape index (κ3) is 9.32. The number of likely N-dealkylation sites (tertiary alicyclic amines) is 2. The van der Waals surface area contributed by atoms with Crippen LogP contribution in [0.25, 0.3) is 11.3 Å². The minimum Gasteiger partial charge on any atom is -0.390 e. The number of carbonyl (C=O) groups excluding carboxylic acids is 2. The molecule has 3 fully saturated rings. The Kier molecular flexibility index (Phi) is 12.3. The van der Waals surface area contributed by atoms with Crippen LogP contribution in [0.4, 0.5) is 13.2 Å². The number of hydrogen-bond acceptors (Lipinski definition) is 9. The number of nitrogens with zero attached hydrogens (tertiary/aromatic N) is 7. The van der Waals surface area contributed by atoms with E-state index in [0.717, 1.165) is 68.6 Å². The highest BCUT2D eigenvalue weighted by molar-refractivity contribution is 7.99. The number of fused-ring (bicyclic) bond motifs is 1. The molecule has 0 saturated carbocycles. The van der Waals surface area contributed by atoms with Crippen molar-refractivity contribution in [3.63, 3.8) is 0 Å². The van der Waals surface area contributed by atoms with Crippen LogP contribution in [-0.2, 0) is 45.3 Å². The van der Waals surface area contributed by atoms with Gasteiger partial charge in [0.1, 0.15) is 0 Å². The predicted molar refractivity (Wildman–Crippen MR) is 192 cm³/mol. The number of benzene rings is 1. The third-order valence-corrected chi connectivity index (χ3v) is 13.1. The molecule has 17 heteroatoms. The largest absolute Gasteiger partial charge is 0.417 e. The number of piperazine rings is 1. The summed E-state index contributed by atoms with van der Waals surface area (Å²) in [6.45, 7) is 8.48. The van der Waals surface area contributed by atoms with E-state index in [9.17, 15) is 36.3 Å². The average molecular weight is 770 g/mol. The molecule has 0 radical (unpaired) electrons. The van der Waals surface area contributed by atoms with Crippen LogP contribution >= 0.6 is 11.8 Å². The van der Waals surface area contributed by atoms with E-state index >= 15 is 0 Å². The zero-order chi connectivity index (χ0) is 37.2. The van der Waals surface area contributed by atoms with Crippen molar-refractivity contribution in [2.75, 3.05) is 84.0 Å². The lowest BCUT2D eigenvalue weighted by Gasteiger charge is -2.34.